The molecule has 0 spiro atoms. The van der Waals surface area contributed by atoms with Crippen molar-refractivity contribution in [3.8, 4) is 11.5 Å². The number of halogens is 1. The zero-order valence-electron chi connectivity index (χ0n) is 22.0. The summed E-state index contributed by atoms with van der Waals surface area (Å²) >= 11 is 0. The first kappa shape index (κ1) is 27.3. The van der Waals surface area contributed by atoms with Crippen LogP contribution in [-0.2, 0) is 16.0 Å². The molecule has 41 heavy (non-hydrogen) atoms. The summed E-state index contributed by atoms with van der Waals surface area (Å²) in [7, 11) is 0. The predicted molar refractivity (Wildman–Crippen MR) is 156 cm³/mol. The lowest BCUT2D eigenvalue weighted by Crippen LogP contribution is -2.15. The normalized spacial score (nSPS) is 10.8. The van der Waals surface area contributed by atoms with Crippen molar-refractivity contribution in [1.82, 2.24) is 10.2 Å². The van der Waals surface area contributed by atoms with Crippen LogP contribution in [0.1, 0.15) is 30.5 Å². The molecule has 206 valence electrons. The van der Waals surface area contributed by atoms with E-state index in [1.165, 1.54) is 6.07 Å². The number of ether oxygens (including phenoxy) is 1. The van der Waals surface area contributed by atoms with Crippen molar-refractivity contribution in [1.29, 1.82) is 0 Å². The number of carbonyl (C=O) groups excluding carboxylic acids is 2. The highest BCUT2D eigenvalue weighted by Gasteiger charge is 2.12. The zero-order chi connectivity index (χ0) is 28.6. The Kier molecular flexibility index (Phi) is 8.44. The van der Waals surface area contributed by atoms with E-state index >= 15 is 0 Å². The monoisotopic (exact) mass is 550 g/mol. The van der Waals surface area contributed by atoms with E-state index in [4.69, 9.17) is 4.74 Å². The summed E-state index contributed by atoms with van der Waals surface area (Å²) in [6.45, 7) is 0. The van der Waals surface area contributed by atoms with Crippen molar-refractivity contribution in [2.75, 3.05) is 10.6 Å². The molecular weight excluding hydrogens is 523 g/mol. The number of H-pyrrole nitrogens is 1. The topological polar surface area (TPSA) is 113 Å². The fourth-order valence-corrected chi connectivity index (χ4v) is 4.39. The van der Waals surface area contributed by atoms with E-state index in [1.54, 1.807) is 48.5 Å². The van der Waals surface area contributed by atoms with E-state index in [0.717, 1.165) is 0 Å². The van der Waals surface area contributed by atoms with Gasteiger partial charge in [-0.25, -0.2) is 9.49 Å². The molecule has 4 aromatic carbocycles. The highest BCUT2D eigenvalue weighted by Crippen LogP contribution is 2.24. The number of anilines is 2. The minimum atomic E-state index is -0.572. The van der Waals surface area contributed by atoms with Gasteiger partial charge in [0, 0.05) is 36.4 Å². The summed E-state index contributed by atoms with van der Waals surface area (Å²) in [6, 6.07) is 27.9. The number of aromatic amines is 1. The van der Waals surface area contributed by atoms with Crippen LogP contribution in [0.15, 0.2) is 102 Å². The second-order valence-corrected chi connectivity index (χ2v) is 9.43. The van der Waals surface area contributed by atoms with Crippen molar-refractivity contribution in [3.63, 3.8) is 0 Å². The lowest BCUT2D eigenvalue weighted by Gasteiger charge is -2.10. The van der Waals surface area contributed by atoms with E-state index in [2.05, 4.69) is 20.8 Å². The second-order valence-electron chi connectivity index (χ2n) is 9.43. The van der Waals surface area contributed by atoms with Crippen LogP contribution in [0.25, 0.3) is 10.8 Å². The van der Waals surface area contributed by atoms with Crippen molar-refractivity contribution in [3.05, 3.63) is 124 Å². The van der Waals surface area contributed by atoms with Gasteiger partial charge in [-0.3, -0.25) is 14.4 Å². The van der Waals surface area contributed by atoms with Gasteiger partial charge in [-0.2, -0.15) is 5.10 Å². The molecule has 0 radical (unpaired) electrons. The maximum atomic E-state index is 14.5. The summed E-state index contributed by atoms with van der Waals surface area (Å²) in [5, 5.41) is 13.3. The van der Waals surface area contributed by atoms with Gasteiger partial charge >= 0.3 is 0 Å². The fourth-order valence-electron chi connectivity index (χ4n) is 4.39. The molecule has 0 saturated carbocycles. The number of nitrogens with zero attached hydrogens (tertiary/aromatic N) is 1. The molecule has 0 bridgehead atoms. The third kappa shape index (κ3) is 7.21. The molecule has 5 rings (SSSR count). The second kappa shape index (κ2) is 12.7. The minimum Gasteiger partial charge on any atom is -0.457 e. The molecule has 2 amide bonds. The number of aromatic nitrogens is 2. The van der Waals surface area contributed by atoms with E-state index < -0.39 is 11.7 Å². The molecule has 5 aromatic rings. The Hall–Kier alpha value is -5.31. The molecule has 0 unspecified atom stereocenters. The molecule has 3 N–H and O–H groups in total. The van der Waals surface area contributed by atoms with Gasteiger partial charge in [-0.15, -0.1) is 0 Å². The molecule has 0 aliphatic rings. The summed E-state index contributed by atoms with van der Waals surface area (Å²) in [5.41, 5.74) is 1.68. The van der Waals surface area contributed by atoms with Crippen LogP contribution < -0.4 is 20.9 Å². The first-order valence-electron chi connectivity index (χ1n) is 13.1. The Balaban J connectivity index is 1.13. The number of fused-ring (bicyclic) bond motifs is 1. The quantitative estimate of drug-likeness (QED) is 0.192. The first-order chi connectivity index (χ1) is 19.9. The molecule has 1 heterocycles. The van der Waals surface area contributed by atoms with Crippen LogP contribution in [0.5, 0.6) is 11.5 Å². The molecular formula is C32H27FN4O4. The molecule has 0 aliphatic heterocycles. The third-order valence-corrected chi connectivity index (χ3v) is 6.36. The van der Waals surface area contributed by atoms with E-state index in [0.29, 0.717) is 45.6 Å². The van der Waals surface area contributed by atoms with E-state index in [-0.39, 0.29) is 36.4 Å². The Morgan fingerprint density at radius 3 is 2.29 bits per heavy atom. The third-order valence-electron chi connectivity index (χ3n) is 6.36. The maximum absolute atomic E-state index is 14.5. The smallest absolute Gasteiger partial charge is 0.272 e. The Morgan fingerprint density at radius 1 is 0.780 bits per heavy atom. The highest BCUT2D eigenvalue weighted by molar-refractivity contribution is 5.93. The molecule has 0 fully saturated rings. The number of rotatable bonds is 10. The number of nitrogens with one attached hydrogen (secondary N) is 3. The van der Waals surface area contributed by atoms with Gasteiger partial charge in [0.15, 0.2) is 0 Å². The van der Waals surface area contributed by atoms with Crippen LogP contribution in [0.4, 0.5) is 15.8 Å². The number of carbonyl (C=O) groups is 2. The number of hydrogen-bond donors (Lipinski definition) is 3. The van der Waals surface area contributed by atoms with Crippen LogP contribution in [0.3, 0.4) is 0 Å². The van der Waals surface area contributed by atoms with E-state index in [1.807, 2.05) is 42.5 Å². The number of amides is 2. The molecule has 1 aromatic heterocycles. The van der Waals surface area contributed by atoms with Gasteiger partial charge < -0.3 is 15.4 Å². The van der Waals surface area contributed by atoms with Crippen molar-refractivity contribution in [2.45, 2.75) is 25.7 Å². The van der Waals surface area contributed by atoms with Gasteiger partial charge in [0.25, 0.3) is 5.56 Å². The van der Waals surface area contributed by atoms with Gasteiger partial charge in [0.05, 0.1) is 16.8 Å². The highest BCUT2D eigenvalue weighted by atomic mass is 19.1. The predicted octanol–water partition coefficient (Wildman–Crippen LogP) is 6.19. The van der Waals surface area contributed by atoms with Crippen LogP contribution in [0, 0.1) is 5.82 Å². The van der Waals surface area contributed by atoms with Gasteiger partial charge in [0.2, 0.25) is 11.8 Å². The largest absolute Gasteiger partial charge is 0.457 e. The Morgan fingerprint density at radius 2 is 1.49 bits per heavy atom. The molecule has 0 saturated heterocycles. The molecule has 8 nitrogen and oxygen atoms in total. The van der Waals surface area contributed by atoms with Crippen LogP contribution in [0.2, 0.25) is 0 Å². The van der Waals surface area contributed by atoms with Crippen LogP contribution >= 0.6 is 0 Å². The Labute approximate surface area is 235 Å². The van der Waals surface area contributed by atoms with Crippen molar-refractivity contribution in [2.24, 2.45) is 0 Å². The standard InChI is InChI=1S/C32H27FN4O4/c33-27-17-16-21(18-28-25-12-4-5-13-26(25)32(40)37-36-28)19-29(27)35-31(39)15-7-14-30(38)34-22-8-6-11-24(20-22)41-23-9-2-1-3-10-23/h1-6,8-13,16-17,19-20H,7,14-15,18H2,(H,34,38)(H,35,39)(H,37,40). The van der Waals surface area contributed by atoms with Crippen LogP contribution in [-0.4, -0.2) is 22.0 Å². The lowest BCUT2D eigenvalue weighted by molar-refractivity contribution is -0.117. The summed E-state index contributed by atoms with van der Waals surface area (Å²) in [6.07, 6.45) is 0.774. The van der Waals surface area contributed by atoms with E-state index in [9.17, 15) is 18.8 Å². The summed E-state index contributed by atoms with van der Waals surface area (Å²) in [4.78, 5) is 37.0. The zero-order valence-corrected chi connectivity index (χ0v) is 22.0. The maximum Gasteiger partial charge on any atom is 0.272 e. The van der Waals surface area contributed by atoms with Crippen molar-refractivity contribution < 1.29 is 18.7 Å². The lowest BCUT2D eigenvalue weighted by atomic mass is 10.0. The summed E-state index contributed by atoms with van der Waals surface area (Å²) < 4.78 is 20.3. The molecule has 0 atom stereocenters. The average Bonchev–Trinajstić information content (AvgIpc) is 2.97. The minimum absolute atomic E-state index is 0.0420. The van der Waals surface area contributed by atoms with Gasteiger partial charge in [0.1, 0.15) is 17.3 Å². The molecule has 0 aliphatic carbocycles. The number of hydrogen-bond acceptors (Lipinski definition) is 5. The first-order valence-corrected chi connectivity index (χ1v) is 13.1. The molecule has 9 heteroatoms. The number of benzene rings is 4. The fraction of sp³-hybridized carbons (Fsp3) is 0.125. The van der Waals surface area contributed by atoms with Gasteiger partial charge in [-0.05, 0) is 54.4 Å². The SMILES string of the molecule is O=C(CCCC(=O)Nc1cc(Cc2n[nH]c(=O)c3ccccc23)ccc1F)Nc1cccc(Oc2ccccc2)c1. The Bertz CT molecular complexity index is 1750. The van der Waals surface area contributed by atoms with Crippen molar-refractivity contribution >= 4 is 34.0 Å². The number of para-hydroxylation sites is 1. The van der Waals surface area contributed by atoms with Gasteiger partial charge in [-0.1, -0.05) is 48.5 Å². The average molecular weight is 551 g/mol. The summed E-state index contributed by atoms with van der Waals surface area (Å²) in [5.74, 6) is 0.0487.